The van der Waals surface area contributed by atoms with Gasteiger partial charge in [0.25, 0.3) is 0 Å². The minimum Gasteiger partial charge on any atom is -0.312 e. The Bertz CT molecular complexity index is 981. The van der Waals surface area contributed by atoms with Gasteiger partial charge in [-0.25, -0.2) is 0 Å². The summed E-state index contributed by atoms with van der Waals surface area (Å²) in [7, 11) is 0. The Morgan fingerprint density at radius 3 is 3.08 bits per heavy atom. The summed E-state index contributed by atoms with van der Waals surface area (Å²) in [5, 5.41) is 1.32. The van der Waals surface area contributed by atoms with Crippen LogP contribution < -0.4 is 0 Å². The van der Waals surface area contributed by atoms with Gasteiger partial charge in [0, 0.05) is 29.9 Å². The van der Waals surface area contributed by atoms with Crippen LogP contribution in [0, 0.1) is 18.3 Å². The molecule has 2 nitrogen and oxygen atoms in total. The van der Waals surface area contributed by atoms with E-state index in [-0.39, 0.29) is 12.4 Å². The minimum absolute atomic E-state index is 0. The predicted molar refractivity (Wildman–Crippen MR) is 106 cm³/mol. The fourth-order valence-electron chi connectivity index (χ4n) is 4.63. The number of allylic oxidation sites excluding steroid dienone is 6. The van der Waals surface area contributed by atoms with E-state index in [1.165, 1.54) is 45.4 Å². The van der Waals surface area contributed by atoms with Gasteiger partial charge >= 0.3 is 0 Å². The van der Waals surface area contributed by atoms with E-state index in [0.717, 1.165) is 32.1 Å². The number of aromatic nitrogens is 2. The molecule has 0 fully saturated rings. The highest BCUT2D eigenvalue weighted by molar-refractivity contribution is 5.96. The first-order valence-electron chi connectivity index (χ1n) is 8.88. The van der Waals surface area contributed by atoms with Gasteiger partial charge in [-0.15, -0.1) is 24.8 Å². The highest BCUT2D eigenvalue weighted by Gasteiger charge is 2.29. The smallest absolute Gasteiger partial charge is 0.0567 e. The molecule has 1 aliphatic heterocycles. The summed E-state index contributed by atoms with van der Waals surface area (Å²) >= 11 is 0. The first-order valence-corrected chi connectivity index (χ1v) is 8.88. The number of hydrogen-bond acceptors (Lipinski definition) is 1. The van der Waals surface area contributed by atoms with Gasteiger partial charge < -0.3 is 4.57 Å². The van der Waals surface area contributed by atoms with E-state index in [1.54, 1.807) is 0 Å². The number of rotatable bonds is 1. The van der Waals surface area contributed by atoms with E-state index in [0.29, 0.717) is 5.92 Å². The van der Waals surface area contributed by atoms with Crippen molar-refractivity contribution in [2.75, 3.05) is 0 Å². The number of terminal acetylenes is 1. The zero-order chi connectivity index (χ0) is 16.1. The van der Waals surface area contributed by atoms with E-state index in [2.05, 4.69) is 39.8 Å². The van der Waals surface area contributed by atoms with Crippen molar-refractivity contribution < 1.29 is 0 Å². The average Bonchev–Trinajstić information content (AvgIpc) is 2.85. The summed E-state index contributed by atoms with van der Waals surface area (Å²) in [6, 6.07) is 2.18. The predicted octanol–water partition coefficient (Wildman–Crippen LogP) is 5.39. The summed E-state index contributed by atoms with van der Waals surface area (Å²) < 4.78 is 2.53. The first kappa shape index (κ1) is 16.2. The fraction of sp³-hybridized carbons (Fsp3) is 0.318. The molecular weight excluding hydrogens is 328 g/mol. The van der Waals surface area contributed by atoms with Crippen molar-refractivity contribution in [1.82, 2.24) is 9.55 Å². The van der Waals surface area contributed by atoms with Crippen LogP contribution in [0.5, 0.6) is 0 Å². The summed E-state index contributed by atoms with van der Waals surface area (Å²) in [6.07, 6.45) is 23.1. The monoisotopic (exact) mass is 348 g/mol. The maximum absolute atomic E-state index is 5.56. The van der Waals surface area contributed by atoms with Gasteiger partial charge in [-0.1, -0.05) is 18.2 Å². The number of fused-ring (bicyclic) bond motifs is 4. The number of nitrogens with zero attached hydrogens (tertiary/aromatic N) is 2. The Balaban J connectivity index is 0.00000157. The van der Waals surface area contributed by atoms with E-state index in [9.17, 15) is 0 Å². The molecule has 0 amide bonds. The molecule has 3 heterocycles. The molecule has 0 saturated heterocycles. The summed E-state index contributed by atoms with van der Waals surface area (Å²) in [6.45, 7) is 0. The summed E-state index contributed by atoms with van der Waals surface area (Å²) in [5.74, 6) is 3.48. The van der Waals surface area contributed by atoms with Gasteiger partial charge in [-0.2, -0.15) is 0 Å². The number of aryl methyl sites for hydroxylation is 1. The molecule has 1 unspecified atom stereocenters. The standard InChI is InChI=1S/C22H20N2.ClH/c1-2-4-15-7-10-20-17(13-15)9-8-16-5-3-6-18-19-14-23-12-11-21(19)24(20)22(16)18;/h1,5,8-9,11-12,14-15H,3-4,6-7,10,13H2;1H. The second kappa shape index (κ2) is 6.24. The third-order valence-corrected chi connectivity index (χ3v) is 5.71. The van der Waals surface area contributed by atoms with Gasteiger partial charge in [-0.05, 0) is 60.8 Å². The molecule has 0 aromatic carbocycles. The second-order valence-electron chi connectivity index (χ2n) is 7.08. The number of hydrogen-bond donors (Lipinski definition) is 0. The molecule has 0 saturated carbocycles. The number of pyridine rings is 1. The van der Waals surface area contributed by atoms with Crippen molar-refractivity contribution in [3.05, 3.63) is 53.5 Å². The van der Waals surface area contributed by atoms with E-state index in [1.807, 2.05) is 12.4 Å². The zero-order valence-electron chi connectivity index (χ0n) is 14.2. The van der Waals surface area contributed by atoms with Gasteiger partial charge in [0.2, 0.25) is 0 Å². The minimum atomic E-state index is 0. The summed E-state index contributed by atoms with van der Waals surface area (Å²) in [4.78, 5) is 4.39. The average molecular weight is 349 g/mol. The SMILES string of the molecule is C#CCC1CCC2=C(C=CC3=CCCc4c3n2c2ccncc42)C1.Cl. The molecule has 0 spiro atoms. The quantitative estimate of drug-likeness (QED) is 0.631. The highest BCUT2D eigenvalue weighted by Crippen LogP contribution is 2.44. The van der Waals surface area contributed by atoms with Crippen LogP contribution in [-0.2, 0) is 6.42 Å². The lowest BCUT2D eigenvalue weighted by atomic mass is 9.84. The van der Waals surface area contributed by atoms with E-state index in [4.69, 9.17) is 6.42 Å². The molecule has 0 bridgehead atoms. The van der Waals surface area contributed by atoms with Crippen molar-refractivity contribution in [3.8, 4) is 12.3 Å². The Labute approximate surface area is 154 Å². The lowest BCUT2D eigenvalue weighted by Gasteiger charge is -2.26. The molecule has 126 valence electrons. The lowest BCUT2D eigenvalue weighted by Crippen LogP contribution is -2.13. The molecule has 2 aromatic heterocycles. The Morgan fingerprint density at radius 2 is 2.20 bits per heavy atom. The van der Waals surface area contributed by atoms with Crippen molar-refractivity contribution in [1.29, 1.82) is 0 Å². The van der Waals surface area contributed by atoms with Crippen molar-refractivity contribution in [2.24, 2.45) is 5.92 Å². The lowest BCUT2D eigenvalue weighted by molar-refractivity contribution is 0.483. The van der Waals surface area contributed by atoms with Gasteiger partial charge in [-0.3, -0.25) is 4.98 Å². The van der Waals surface area contributed by atoms with Crippen molar-refractivity contribution >= 4 is 34.6 Å². The molecule has 2 aromatic rings. The second-order valence-corrected chi connectivity index (χ2v) is 7.08. The van der Waals surface area contributed by atoms with E-state index < -0.39 is 0 Å². The third-order valence-electron chi connectivity index (χ3n) is 5.71. The third kappa shape index (κ3) is 2.38. The molecule has 0 N–H and O–H groups in total. The normalized spacial score (nSPS) is 20.9. The van der Waals surface area contributed by atoms with Crippen LogP contribution >= 0.6 is 12.4 Å². The Hall–Kier alpha value is -2.24. The number of halogens is 1. The maximum Gasteiger partial charge on any atom is 0.0567 e. The Morgan fingerprint density at radius 1 is 1.28 bits per heavy atom. The Kier molecular flexibility index (Phi) is 4.06. The van der Waals surface area contributed by atoms with Crippen LogP contribution in [0.3, 0.4) is 0 Å². The zero-order valence-corrected chi connectivity index (χ0v) is 15.0. The molecular formula is C22H21ClN2. The molecule has 0 radical (unpaired) electrons. The molecule has 3 heteroatoms. The molecule has 5 rings (SSSR count). The topological polar surface area (TPSA) is 17.8 Å². The van der Waals surface area contributed by atoms with Crippen LogP contribution in [0.25, 0.3) is 22.2 Å². The van der Waals surface area contributed by atoms with Crippen LogP contribution in [0.1, 0.15) is 43.4 Å². The summed E-state index contributed by atoms with van der Waals surface area (Å²) in [5.41, 5.74) is 8.50. The van der Waals surface area contributed by atoms with E-state index >= 15 is 0 Å². The van der Waals surface area contributed by atoms with Crippen LogP contribution in [0.15, 0.2) is 42.3 Å². The van der Waals surface area contributed by atoms with Crippen LogP contribution in [0.2, 0.25) is 0 Å². The highest BCUT2D eigenvalue weighted by atomic mass is 35.5. The van der Waals surface area contributed by atoms with Crippen LogP contribution in [0.4, 0.5) is 0 Å². The molecule has 3 aliphatic rings. The van der Waals surface area contributed by atoms with Gasteiger partial charge in [0.05, 0.1) is 11.2 Å². The maximum atomic E-state index is 5.56. The molecule has 25 heavy (non-hydrogen) atoms. The molecule has 2 aliphatic carbocycles. The van der Waals surface area contributed by atoms with Crippen molar-refractivity contribution in [2.45, 2.75) is 38.5 Å². The fourth-order valence-corrected chi connectivity index (χ4v) is 4.63. The first-order chi connectivity index (χ1) is 11.9. The largest absolute Gasteiger partial charge is 0.312 e. The van der Waals surface area contributed by atoms with Gasteiger partial charge in [0.1, 0.15) is 0 Å². The van der Waals surface area contributed by atoms with Gasteiger partial charge in [0.15, 0.2) is 0 Å². The molecule has 1 atom stereocenters. The van der Waals surface area contributed by atoms with Crippen LogP contribution in [-0.4, -0.2) is 9.55 Å². The van der Waals surface area contributed by atoms with Crippen molar-refractivity contribution in [3.63, 3.8) is 0 Å².